The van der Waals surface area contributed by atoms with E-state index in [2.05, 4.69) is 193 Å². The van der Waals surface area contributed by atoms with Crippen LogP contribution in [0.4, 0.5) is 17.1 Å². The first-order valence-corrected chi connectivity index (χ1v) is 18.2. The van der Waals surface area contributed by atoms with Crippen LogP contribution in [0.1, 0.15) is 22.3 Å². The van der Waals surface area contributed by atoms with Gasteiger partial charge in [0, 0.05) is 16.8 Å². The Morgan fingerprint density at radius 3 is 1.73 bits per heavy atom. The maximum absolute atomic E-state index is 2.51. The van der Waals surface area contributed by atoms with E-state index in [9.17, 15) is 0 Å². The molecule has 0 saturated carbocycles. The van der Waals surface area contributed by atoms with Crippen molar-refractivity contribution in [2.75, 3.05) is 4.90 Å². The summed E-state index contributed by atoms with van der Waals surface area (Å²) >= 11 is 0. The minimum absolute atomic E-state index is 0.336. The number of fused-ring (bicyclic) bond motifs is 7. The van der Waals surface area contributed by atoms with Crippen LogP contribution in [0.25, 0.3) is 66.1 Å². The van der Waals surface area contributed by atoms with E-state index in [4.69, 9.17) is 0 Å². The standard InChI is InChI=1S/C51H31N/c1-2-13-34-29-36(26-25-32(34)11-1)35-15-7-16-37(30-35)52(48-24-8-14-33-12-3-4-17-39(33)48)38-27-28-41-43-20-10-22-45-44-21-9-19-42-40-18-5-6-23-46(40)51(49(42)44,50(43)45)47(41)31-38/h1-31H. The number of nitrogens with zero attached hydrogens (tertiary/aromatic N) is 1. The monoisotopic (exact) mass is 657 g/mol. The summed E-state index contributed by atoms with van der Waals surface area (Å²) in [6, 6.07) is 70.1. The summed E-state index contributed by atoms with van der Waals surface area (Å²) in [4.78, 5) is 2.48. The average molecular weight is 658 g/mol. The van der Waals surface area contributed by atoms with Crippen LogP contribution in [0.15, 0.2) is 188 Å². The summed E-state index contributed by atoms with van der Waals surface area (Å²) < 4.78 is 0. The molecule has 12 rings (SSSR count). The summed E-state index contributed by atoms with van der Waals surface area (Å²) in [7, 11) is 0. The topological polar surface area (TPSA) is 3.24 Å². The normalized spacial score (nSPS) is 15.4. The fourth-order valence-corrected chi connectivity index (χ4v) is 9.90. The predicted octanol–water partition coefficient (Wildman–Crippen LogP) is 13.5. The largest absolute Gasteiger partial charge is 0.310 e. The van der Waals surface area contributed by atoms with E-state index >= 15 is 0 Å². The summed E-state index contributed by atoms with van der Waals surface area (Å²) in [6.45, 7) is 0. The van der Waals surface area contributed by atoms with E-state index in [0.29, 0.717) is 0 Å². The van der Waals surface area contributed by atoms with Crippen molar-refractivity contribution in [2.24, 2.45) is 0 Å². The van der Waals surface area contributed by atoms with Gasteiger partial charge in [-0.15, -0.1) is 0 Å². The van der Waals surface area contributed by atoms with E-state index in [1.165, 1.54) is 94.0 Å². The highest BCUT2D eigenvalue weighted by Crippen LogP contribution is 2.70. The Balaban J connectivity index is 1.13. The summed E-state index contributed by atoms with van der Waals surface area (Å²) in [6.07, 6.45) is 0. The van der Waals surface area contributed by atoms with Crippen molar-refractivity contribution in [3.8, 4) is 44.5 Å². The Kier molecular flexibility index (Phi) is 5.49. The Morgan fingerprint density at radius 1 is 0.327 bits per heavy atom. The molecule has 3 aliphatic carbocycles. The Labute approximate surface area is 302 Å². The lowest BCUT2D eigenvalue weighted by atomic mass is 9.73. The lowest BCUT2D eigenvalue weighted by Crippen LogP contribution is -2.23. The highest BCUT2D eigenvalue weighted by molar-refractivity contribution is 6.07. The highest BCUT2D eigenvalue weighted by Gasteiger charge is 2.57. The van der Waals surface area contributed by atoms with Crippen molar-refractivity contribution in [3.05, 3.63) is 210 Å². The Bertz CT molecular complexity index is 2940. The van der Waals surface area contributed by atoms with Gasteiger partial charge in [-0.05, 0) is 119 Å². The van der Waals surface area contributed by atoms with E-state index < -0.39 is 0 Å². The van der Waals surface area contributed by atoms with Crippen molar-refractivity contribution in [2.45, 2.75) is 5.41 Å². The third-order valence-electron chi connectivity index (χ3n) is 11.9. The molecular formula is C51H31N. The van der Waals surface area contributed by atoms with E-state index in [-0.39, 0.29) is 5.41 Å². The molecule has 1 spiro atoms. The fraction of sp³-hybridized carbons (Fsp3) is 0.0196. The molecule has 1 heteroatoms. The Hall–Kier alpha value is -6.70. The molecule has 9 aromatic rings. The van der Waals surface area contributed by atoms with E-state index in [0.717, 1.165) is 11.4 Å². The second-order valence-electron chi connectivity index (χ2n) is 14.4. The van der Waals surface area contributed by atoms with E-state index in [1.54, 1.807) is 0 Å². The molecule has 0 fully saturated rings. The molecule has 0 saturated heterocycles. The molecule has 0 aromatic heterocycles. The maximum atomic E-state index is 2.51. The van der Waals surface area contributed by atoms with Crippen LogP contribution in [0.3, 0.4) is 0 Å². The zero-order valence-corrected chi connectivity index (χ0v) is 28.3. The lowest BCUT2D eigenvalue weighted by Gasteiger charge is -2.31. The molecule has 1 unspecified atom stereocenters. The van der Waals surface area contributed by atoms with Gasteiger partial charge < -0.3 is 4.90 Å². The van der Waals surface area contributed by atoms with Crippen LogP contribution in [0.2, 0.25) is 0 Å². The van der Waals surface area contributed by atoms with Crippen molar-refractivity contribution < 1.29 is 0 Å². The molecule has 52 heavy (non-hydrogen) atoms. The molecule has 240 valence electrons. The van der Waals surface area contributed by atoms with Gasteiger partial charge in [-0.25, -0.2) is 0 Å². The van der Waals surface area contributed by atoms with Gasteiger partial charge >= 0.3 is 0 Å². The van der Waals surface area contributed by atoms with Crippen molar-refractivity contribution >= 4 is 38.6 Å². The first-order valence-electron chi connectivity index (χ1n) is 18.2. The van der Waals surface area contributed by atoms with Crippen molar-refractivity contribution in [1.82, 2.24) is 0 Å². The highest BCUT2D eigenvalue weighted by atomic mass is 15.1. The first-order chi connectivity index (χ1) is 25.8. The van der Waals surface area contributed by atoms with Gasteiger partial charge in [-0.1, -0.05) is 152 Å². The Morgan fingerprint density at radius 2 is 0.904 bits per heavy atom. The van der Waals surface area contributed by atoms with Gasteiger partial charge in [0.25, 0.3) is 0 Å². The number of benzene rings is 9. The zero-order valence-electron chi connectivity index (χ0n) is 28.3. The van der Waals surface area contributed by atoms with Crippen molar-refractivity contribution in [1.29, 1.82) is 0 Å². The number of hydrogen-bond donors (Lipinski definition) is 0. The second kappa shape index (κ2) is 10.2. The third kappa shape index (κ3) is 3.52. The number of rotatable bonds is 4. The van der Waals surface area contributed by atoms with Gasteiger partial charge in [0.15, 0.2) is 0 Å². The van der Waals surface area contributed by atoms with E-state index in [1.807, 2.05) is 0 Å². The minimum atomic E-state index is -0.336. The number of anilines is 3. The SMILES string of the molecule is c1cc(-c2ccc3ccccc3c2)cc(N(c2ccc3c(c2)C24c5ccccc5-c5cccc(c52)-c2cccc-3c24)c2cccc3ccccc23)c1. The van der Waals surface area contributed by atoms with Gasteiger partial charge in [0.05, 0.1) is 11.1 Å². The van der Waals surface area contributed by atoms with Gasteiger partial charge in [0.1, 0.15) is 0 Å². The average Bonchev–Trinajstić information content (AvgIpc) is 3.81. The maximum Gasteiger partial charge on any atom is 0.0738 e. The molecule has 0 aliphatic heterocycles. The van der Waals surface area contributed by atoms with Crippen LogP contribution < -0.4 is 4.90 Å². The first kappa shape index (κ1) is 28.0. The van der Waals surface area contributed by atoms with Crippen molar-refractivity contribution in [3.63, 3.8) is 0 Å². The number of hydrogen-bond acceptors (Lipinski definition) is 1. The molecule has 0 radical (unpaired) electrons. The van der Waals surface area contributed by atoms with Gasteiger partial charge in [-0.3, -0.25) is 0 Å². The molecule has 0 heterocycles. The van der Waals surface area contributed by atoms with Crippen LogP contribution in [0, 0.1) is 0 Å². The van der Waals surface area contributed by atoms with Gasteiger partial charge in [0.2, 0.25) is 0 Å². The van der Waals surface area contributed by atoms with Crippen LogP contribution in [-0.2, 0) is 5.41 Å². The second-order valence-corrected chi connectivity index (χ2v) is 14.4. The molecular weight excluding hydrogens is 627 g/mol. The predicted molar refractivity (Wildman–Crippen MR) is 217 cm³/mol. The van der Waals surface area contributed by atoms with Crippen LogP contribution in [0.5, 0.6) is 0 Å². The minimum Gasteiger partial charge on any atom is -0.310 e. The molecule has 0 bridgehead atoms. The summed E-state index contributed by atoms with van der Waals surface area (Å²) in [5.74, 6) is 0. The molecule has 0 N–H and O–H groups in total. The lowest BCUT2D eigenvalue weighted by molar-refractivity contribution is 0.818. The zero-order chi connectivity index (χ0) is 34.0. The molecule has 1 atom stereocenters. The smallest absolute Gasteiger partial charge is 0.0738 e. The molecule has 3 aliphatic rings. The molecule has 0 amide bonds. The van der Waals surface area contributed by atoms with Gasteiger partial charge in [-0.2, -0.15) is 0 Å². The molecule has 1 nitrogen and oxygen atoms in total. The van der Waals surface area contributed by atoms with Crippen LogP contribution in [-0.4, -0.2) is 0 Å². The summed E-state index contributed by atoms with van der Waals surface area (Å²) in [5.41, 5.74) is 19.4. The molecule has 9 aromatic carbocycles. The quantitative estimate of drug-likeness (QED) is 0.182. The summed E-state index contributed by atoms with van der Waals surface area (Å²) in [5, 5.41) is 4.96. The fourth-order valence-electron chi connectivity index (χ4n) is 9.90. The third-order valence-corrected chi connectivity index (χ3v) is 11.9. The van der Waals surface area contributed by atoms with Crippen LogP contribution >= 0.6 is 0 Å².